The van der Waals surface area contributed by atoms with Gasteiger partial charge in [0, 0.05) is 6.42 Å². The molecule has 2 aromatic rings. The van der Waals surface area contributed by atoms with Crippen molar-refractivity contribution in [2.75, 3.05) is 12.4 Å². The SMILES string of the molecule is COc1cc(=O)[nH]c(S[C@H](C)C(=O)Nc2nnc(CC(C)C)s2)n1. The van der Waals surface area contributed by atoms with Crippen LogP contribution in [0.25, 0.3) is 0 Å². The van der Waals surface area contributed by atoms with E-state index in [9.17, 15) is 9.59 Å². The lowest BCUT2D eigenvalue weighted by Crippen LogP contribution is -2.23. The van der Waals surface area contributed by atoms with Gasteiger partial charge in [-0.15, -0.1) is 10.2 Å². The predicted molar refractivity (Wildman–Crippen MR) is 93.8 cm³/mol. The minimum atomic E-state index is -0.474. The third kappa shape index (κ3) is 5.31. The summed E-state index contributed by atoms with van der Waals surface area (Å²) in [5.41, 5.74) is -0.334. The van der Waals surface area contributed by atoms with Crippen LogP contribution in [-0.4, -0.2) is 38.4 Å². The molecule has 2 N–H and O–H groups in total. The molecule has 0 saturated heterocycles. The number of hydrogen-bond acceptors (Lipinski definition) is 8. The van der Waals surface area contributed by atoms with Crippen molar-refractivity contribution in [1.82, 2.24) is 20.2 Å². The summed E-state index contributed by atoms with van der Waals surface area (Å²) in [5, 5.41) is 12.0. The molecular weight excluding hydrogens is 350 g/mol. The van der Waals surface area contributed by atoms with E-state index in [0.717, 1.165) is 23.2 Å². The molecule has 0 bridgehead atoms. The molecule has 10 heteroatoms. The lowest BCUT2D eigenvalue weighted by atomic mass is 10.1. The fourth-order valence-electron chi connectivity index (χ4n) is 1.74. The second-order valence-electron chi connectivity index (χ2n) is 5.44. The first kappa shape index (κ1) is 18.4. The molecule has 0 unspecified atom stereocenters. The van der Waals surface area contributed by atoms with E-state index in [0.29, 0.717) is 16.2 Å². The van der Waals surface area contributed by atoms with Crippen molar-refractivity contribution in [3.05, 3.63) is 21.4 Å². The largest absolute Gasteiger partial charge is 0.481 e. The van der Waals surface area contributed by atoms with E-state index < -0.39 is 5.25 Å². The van der Waals surface area contributed by atoms with Crippen molar-refractivity contribution >= 4 is 34.1 Å². The Morgan fingerprint density at radius 3 is 2.83 bits per heavy atom. The van der Waals surface area contributed by atoms with Gasteiger partial charge in [-0.1, -0.05) is 36.9 Å². The number of nitrogens with zero attached hydrogens (tertiary/aromatic N) is 3. The van der Waals surface area contributed by atoms with Gasteiger partial charge >= 0.3 is 0 Å². The fraction of sp³-hybridized carbons (Fsp3) is 0.500. The Balaban J connectivity index is 1.98. The van der Waals surface area contributed by atoms with Crippen molar-refractivity contribution in [3.63, 3.8) is 0 Å². The van der Waals surface area contributed by atoms with Crippen molar-refractivity contribution in [3.8, 4) is 5.88 Å². The number of thioether (sulfide) groups is 1. The summed E-state index contributed by atoms with van der Waals surface area (Å²) < 4.78 is 4.95. The van der Waals surface area contributed by atoms with Gasteiger partial charge in [-0.2, -0.15) is 4.98 Å². The van der Waals surface area contributed by atoms with E-state index >= 15 is 0 Å². The molecule has 8 nitrogen and oxygen atoms in total. The summed E-state index contributed by atoms with van der Waals surface area (Å²) >= 11 is 2.49. The zero-order valence-electron chi connectivity index (χ0n) is 13.8. The molecule has 0 fully saturated rings. The molecular formula is C14H19N5O3S2. The molecule has 130 valence electrons. The van der Waals surface area contributed by atoms with Crippen molar-refractivity contribution in [1.29, 1.82) is 0 Å². The highest BCUT2D eigenvalue weighted by atomic mass is 32.2. The van der Waals surface area contributed by atoms with Crippen LogP contribution in [0.2, 0.25) is 0 Å². The topological polar surface area (TPSA) is 110 Å². The molecule has 2 aromatic heterocycles. The van der Waals surface area contributed by atoms with Crippen molar-refractivity contribution in [2.45, 2.75) is 37.6 Å². The predicted octanol–water partition coefficient (Wildman–Crippen LogP) is 1.95. The van der Waals surface area contributed by atoms with Gasteiger partial charge < -0.3 is 9.72 Å². The zero-order valence-corrected chi connectivity index (χ0v) is 15.5. The van der Waals surface area contributed by atoms with E-state index in [4.69, 9.17) is 4.74 Å². The molecule has 2 rings (SSSR count). The standard InChI is InChI=1S/C14H19N5O3S2/c1-7(2)5-11-18-19-14(24-11)17-12(21)8(3)23-13-15-9(20)6-10(16-13)22-4/h6-8H,5H2,1-4H3,(H,15,16,20)(H,17,19,21)/t8-/m1/s1. The van der Waals surface area contributed by atoms with Gasteiger partial charge in [-0.3, -0.25) is 14.9 Å². The van der Waals surface area contributed by atoms with Gasteiger partial charge in [0.2, 0.25) is 16.9 Å². The fourth-order valence-corrected chi connectivity index (χ4v) is 3.50. The number of nitrogens with one attached hydrogen (secondary N) is 2. The van der Waals surface area contributed by atoms with E-state index in [1.807, 2.05) is 0 Å². The number of aromatic nitrogens is 4. The molecule has 0 aliphatic carbocycles. The first-order valence-electron chi connectivity index (χ1n) is 7.32. The van der Waals surface area contributed by atoms with Gasteiger partial charge in [-0.25, -0.2) is 0 Å². The third-order valence-corrected chi connectivity index (χ3v) is 4.69. The Kier molecular flexibility index (Phi) is 6.32. The highest BCUT2D eigenvalue weighted by Gasteiger charge is 2.18. The molecule has 2 heterocycles. The first-order valence-corrected chi connectivity index (χ1v) is 9.02. The van der Waals surface area contributed by atoms with Gasteiger partial charge in [-0.05, 0) is 12.8 Å². The van der Waals surface area contributed by atoms with Gasteiger partial charge in [0.25, 0.3) is 5.56 Å². The summed E-state index contributed by atoms with van der Waals surface area (Å²) in [6, 6.07) is 1.24. The molecule has 0 aliphatic rings. The van der Waals surface area contributed by atoms with E-state index in [1.54, 1.807) is 6.92 Å². The Morgan fingerprint density at radius 2 is 2.17 bits per heavy atom. The number of ether oxygens (including phenoxy) is 1. The van der Waals surface area contributed by atoms with E-state index in [-0.39, 0.29) is 17.3 Å². The lowest BCUT2D eigenvalue weighted by molar-refractivity contribution is -0.115. The number of carbonyl (C=O) groups is 1. The molecule has 0 spiro atoms. The molecule has 1 atom stereocenters. The molecule has 0 radical (unpaired) electrons. The van der Waals surface area contributed by atoms with Crippen LogP contribution in [0.4, 0.5) is 5.13 Å². The van der Waals surface area contributed by atoms with Crippen LogP contribution in [-0.2, 0) is 11.2 Å². The minimum Gasteiger partial charge on any atom is -0.481 e. The van der Waals surface area contributed by atoms with Crippen LogP contribution in [0, 0.1) is 5.92 Å². The maximum Gasteiger partial charge on any atom is 0.255 e. The third-order valence-electron chi connectivity index (χ3n) is 2.84. The smallest absolute Gasteiger partial charge is 0.255 e. The molecule has 0 aromatic carbocycles. The van der Waals surface area contributed by atoms with Crippen LogP contribution < -0.4 is 15.6 Å². The second kappa shape index (κ2) is 8.25. The number of H-pyrrole nitrogens is 1. The summed E-state index contributed by atoms with van der Waals surface area (Å²) in [6.07, 6.45) is 0.826. The van der Waals surface area contributed by atoms with Crippen molar-refractivity contribution < 1.29 is 9.53 Å². The summed E-state index contributed by atoms with van der Waals surface area (Å²) in [4.78, 5) is 30.4. The average molecular weight is 369 g/mol. The normalized spacial score (nSPS) is 12.2. The monoisotopic (exact) mass is 369 g/mol. The maximum atomic E-state index is 12.2. The number of rotatable bonds is 7. The van der Waals surface area contributed by atoms with Crippen LogP contribution in [0.5, 0.6) is 5.88 Å². The van der Waals surface area contributed by atoms with Gasteiger partial charge in [0.15, 0.2) is 5.16 Å². The number of anilines is 1. The number of methoxy groups -OCH3 is 1. The summed E-state index contributed by atoms with van der Waals surface area (Å²) in [6.45, 7) is 5.91. The Labute approximate surface area is 147 Å². The summed E-state index contributed by atoms with van der Waals surface area (Å²) in [5.74, 6) is 0.445. The maximum absolute atomic E-state index is 12.2. The Morgan fingerprint density at radius 1 is 1.42 bits per heavy atom. The minimum absolute atomic E-state index is 0.205. The Bertz CT molecular complexity index is 759. The number of aromatic amines is 1. The Hall–Kier alpha value is -1.94. The lowest BCUT2D eigenvalue weighted by Gasteiger charge is -2.09. The van der Waals surface area contributed by atoms with Crippen LogP contribution in [0.3, 0.4) is 0 Å². The second-order valence-corrected chi connectivity index (χ2v) is 7.83. The quantitative estimate of drug-likeness (QED) is 0.567. The number of hydrogen-bond donors (Lipinski definition) is 2. The summed E-state index contributed by atoms with van der Waals surface area (Å²) in [7, 11) is 1.43. The molecule has 0 aliphatic heterocycles. The highest BCUT2D eigenvalue weighted by molar-refractivity contribution is 8.00. The van der Waals surface area contributed by atoms with Crippen LogP contribution in [0.15, 0.2) is 16.0 Å². The molecule has 24 heavy (non-hydrogen) atoms. The average Bonchev–Trinajstić information content (AvgIpc) is 2.92. The number of carbonyl (C=O) groups excluding carboxylic acids is 1. The molecule has 1 amide bonds. The van der Waals surface area contributed by atoms with E-state index in [2.05, 4.69) is 39.3 Å². The zero-order chi connectivity index (χ0) is 17.7. The van der Waals surface area contributed by atoms with E-state index in [1.165, 1.54) is 24.5 Å². The molecule has 0 saturated carbocycles. The number of amides is 1. The highest BCUT2D eigenvalue weighted by Crippen LogP contribution is 2.23. The van der Waals surface area contributed by atoms with Crippen molar-refractivity contribution in [2.24, 2.45) is 5.92 Å². The van der Waals surface area contributed by atoms with Gasteiger partial charge in [0.1, 0.15) is 5.01 Å². The van der Waals surface area contributed by atoms with Crippen LogP contribution >= 0.6 is 23.1 Å². The first-order chi connectivity index (χ1) is 11.4. The van der Waals surface area contributed by atoms with Crippen LogP contribution in [0.1, 0.15) is 25.8 Å². The van der Waals surface area contributed by atoms with Gasteiger partial charge in [0.05, 0.1) is 18.4 Å².